The number of rotatable bonds is 18. The first-order valence-corrected chi connectivity index (χ1v) is 13.5. The second kappa shape index (κ2) is 15.6. The van der Waals surface area contributed by atoms with Gasteiger partial charge in [0.2, 0.25) is 27.7 Å². The van der Waals surface area contributed by atoms with Crippen molar-refractivity contribution in [2.45, 2.75) is 63.3 Å². The average Bonchev–Trinajstić information content (AvgIpc) is 2.82. The summed E-state index contributed by atoms with van der Waals surface area (Å²) in [6, 6.07) is 3.26. The van der Waals surface area contributed by atoms with Crippen LogP contribution >= 0.6 is 0 Å². The molecule has 0 fully saturated rings. The van der Waals surface area contributed by atoms with E-state index in [0.29, 0.717) is 43.2 Å². The molecule has 38 heavy (non-hydrogen) atoms. The number of nitrogens with one attached hydrogen (secondary N) is 3. The Bertz CT molecular complexity index is 1120. The fourth-order valence-corrected chi connectivity index (χ4v) is 4.85. The number of aldehydes is 1. The molecule has 0 saturated heterocycles. The molecule has 13 nitrogen and oxygen atoms in total. The lowest BCUT2D eigenvalue weighted by molar-refractivity contribution is -0.139. The van der Waals surface area contributed by atoms with Gasteiger partial charge in [-0.15, -0.1) is 0 Å². The Kier molecular flexibility index (Phi) is 13.3. The van der Waals surface area contributed by atoms with Gasteiger partial charge in [0.1, 0.15) is 12.3 Å². The van der Waals surface area contributed by atoms with E-state index in [1.54, 1.807) is 6.92 Å². The van der Waals surface area contributed by atoms with E-state index in [1.165, 1.54) is 31.3 Å². The van der Waals surface area contributed by atoms with Gasteiger partial charge < -0.3 is 31.3 Å². The van der Waals surface area contributed by atoms with Crippen LogP contribution in [0.15, 0.2) is 24.3 Å². The molecule has 6 N–H and O–H groups in total. The van der Waals surface area contributed by atoms with Crippen molar-refractivity contribution < 1.29 is 37.5 Å². The molecule has 0 spiro atoms. The molecular formula is C24H35N5O8S. The fraction of sp³-hybridized carbons (Fsp3) is 0.500. The van der Waals surface area contributed by atoms with Gasteiger partial charge in [-0.05, 0) is 50.3 Å². The third kappa shape index (κ3) is 12.5. The van der Waals surface area contributed by atoms with E-state index >= 15 is 0 Å². The van der Waals surface area contributed by atoms with E-state index in [2.05, 4.69) is 10.0 Å². The van der Waals surface area contributed by atoms with E-state index in [-0.39, 0.29) is 12.0 Å². The number of carbonyl (C=O) groups excluding carboxylic acids is 4. The van der Waals surface area contributed by atoms with E-state index in [1.807, 2.05) is 0 Å². The third-order valence-electron chi connectivity index (χ3n) is 5.45. The van der Waals surface area contributed by atoms with Crippen molar-refractivity contribution in [3.63, 3.8) is 0 Å². The van der Waals surface area contributed by atoms with Gasteiger partial charge >= 0.3 is 5.97 Å². The van der Waals surface area contributed by atoms with Crippen LogP contribution in [0.4, 0.5) is 0 Å². The second-order valence-corrected chi connectivity index (χ2v) is 10.7. The zero-order chi connectivity index (χ0) is 28.9. The topological polar surface area (TPSA) is 217 Å². The first kappa shape index (κ1) is 32.4. The minimum absolute atomic E-state index is 0.187. The number of hydrogen-bond acceptors (Lipinski definition) is 8. The van der Waals surface area contributed by atoms with Crippen molar-refractivity contribution in [2.24, 2.45) is 5.73 Å². The summed E-state index contributed by atoms with van der Waals surface area (Å²) < 4.78 is 27.6. The van der Waals surface area contributed by atoms with Gasteiger partial charge in [-0.1, -0.05) is 18.6 Å². The molecule has 0 heterocycles. The maximum absolute atomic E-state index is 13.0. The lowest BCUT2D eigenvalue weighted by Gasteiger charge is -2.24. The largest absolute Gasteiger partial charge is 0.481 e. The summed E-state index contributed by atoms with van der Waals surface area (Å²) in [6.45, 7) is 1.20. The lowest BCUT2D eigenvalue weighted by atomic mass is 10.1. The number of likely N-dealkylation sites (N-methyl/N-ethyl adjacent to an activating group) is 1. The molecule has 0 aliphatic carbocycles. The molecule has 0 aromatic heterocycles. The number of benzene rings is 1. The number of carbonyl (C=O) groups is 5. The van der Waals surface area contributed by atoms with Gasteiger partial charge in [-0.3, -0.25) is 19.2 Å². The molecule has 210 valence electrons. The highest BCUT2D eigenvalue weighted by molar-refractivity contribution is 7.88. The summed E-state index contributed by atoms with van der Waals surface area (Å²) in [6.07, 6.45) is 1.97. The Balaban J connectivity index is 2.82. The zero-order valence-electron chi connectivity index (χ0n) is 21.4. The highest BCUT2D eigenvalue weighted by atomic mass is 32.2. The molecule has 1 rings (SSSR count). The number of nitrogens with zero attached hydrogens (tertiary/aromatic N) is 1. The first-order valence-electron chi connectivity index (χ1n) is 11.9. The Morgan fingerprint density at radius 1 is 1.11 bits per heavy atom. The number of aliphatic carboxylic acids is 1. The Morgan fingerprint density at radius 2 is 1.74 bits per heavy atom. The molecule has 1 aromatic rings. The fourth-order valence-electron chi connectivity index (χ4n) is 3.48. The van der Waals surface area contributed by atoms with Gasteiger partial charge in [0, 0.05) is 24.7 Å². The zero-order valence-corrected chi connectivity index (χ0v) is 22.3. The summed E-state index contributed by atoms with van der Waals surface area (Å²) in [5.74, 6) is -3.93. The molecule has 0 bridgehead atoms. The van der Waals surface area contributed by atoms with Crippen LogP contribution < -0.4 is 15.8 Å². The number of amides is 3. The molecule has 3 amide bonds. The average molecular weight is 554 g/mol. The summed E-state index contributed by atoms with van der Waals surface area (Å²) in [7, 11) is -2.87. The minimum Gasteiger partial charge on any atom is -0.481 e. The molecule has 1 aromatic carbocycles. The van der Waals surface area contributed by atoms with Crippen LogP contribution in [0.3, 0.4) is 0 Å². The van der Waals surface area contributed by atoms with Gasteiger partial charge in [0.25, 0.3) is 0 Å². The highest BCUT2D eigenvalue weighted by Crippen LogP contribution is 2.11. The third-order valence-corrected chi connectivity index (χ3v) is 6.80. The van der Waals surface area contributed by atoms with E-state index in [0.717, 1.165) is 4.90 Å². The predicted molar refractivity (Wildman–Crippen MR) is 139 cm³/mol. The SMILES string of the molecule is CC(=N)CCCC[C@@H](C=O)NC(=O)CN(C)C(=O)[C@H](CCC(=O)O)NS(=O)(=O)Cc1ccc(C(N)=O)cc1. The number of carboxylic acids is 1. The van der Waals surface area contributed by atoms with Crippen LogP contribution in [0.1, 0.15) is 61.4 Å². The first-order chi connectivity index (χ1) is 17.7. The van der Waals surface area contributed by atoms with Gasteiger partial charge in [0.15, 0.2) is 0 Å². The second-order valence-electron chi connectivity index (χ2n) is 8.95. The van der Waals surface area contributed by atoms with Gasteiger partial charge in [0.05, 0.1) is 18.3 Å². The van der Waals surface area contributed by atoms with Crippen molar-refractivity contribution in [2.75, 3.05) is 13.6 Å². The Labute approximate surface area is 221 Å². The number of carboxylic acid groups (broad SMARTS) is 1. The van der Waals surface area contributed by atoms with Gasteiger partial charge in [-0.25, -0.2) is 13.1 Å². The standard InChI is InChI=1S/C24H35N5O8S/c1-16(25)5-3-4-6-19(14-30)27-21(31)13-29(2)24(35)20(11-12-22(32)33)28-38(36,37)15-17-7-9-18(10-8-17)23(26)34/h7-10,14,19-20,25,28H,3-6,11-13,15H2,1-2H3,(H2,26,34)(H,27,31)(H,32,33)/t19-,20-/m0/s1. The van der Waals surface area contributed by atoms with E-state index in [9.17, 15) is 32.4 Å². The smallest absolute Gasteiger partial charge is 0.303 e. The number of primary amides is 1. The molecule has 0 aliphatic rings. The number of sulfonamides is 1. The summed E-state index contributed by atoms with van der Waals surface area (Å²) in [4.78, 5) is 59.9. The molecule has 2 atom stereocenters. The van der Waals surface area contributed by atoms with Crippen LogP contribution in [0, 0.1) is 5.41 Å². The number of hydrogen-bond donors (Lipinski definition) is 5. The van der Waals surface area contributed by atoms with Crippen molar-refractivity contribution >= 4 is 45.7 Å². The Hall–Kier alpha value is -3.65. The van der Waals surface area contributed by atoms with Crippen LogP contribution in [0.2, 0.25) is 0 Å². The van der Waals surface area contributed by atoms with E-state index in [4.69, 9.17) is 16.2 Å². The molecule has 0 unspecified atom stereocenters. The van der Waals surface area contributed by atoms with Crippen molar-refractivity contribution in [3.05, 3.63) is 35.4 Å². The maximum Gasteiger partial charge on any atom is 0.303 e. The molecule has 0 saturated carbocycles. The summed E-state index contributed by atoms with van der Waals surface area (Å²) in [5, 5.41) is 18.9. The van der Waals surface area contributed by atoms with Crippen molar-refractivity contribution in [1.82, 2.24) is 14.9 Å². The summed E-state index contributed by atoms with van der Waals surface area (Å²) in [5.41, 5.74) is 6.18. The van der Waals surface area contributed by atoms with Crippen molar-refractivity contribution in [3.8, 4) is 0 Å². The normalized spacial score (nSPS) is 12.7. The van der Waals surface area contributed by atoms with Crippen LogP contribution in [0.25, 0.3) is 0 Å². The predicted octanol–water partition coefficient (Wildman–Crippen LogP) is 0.180. The molecule has 14 heteroatoms. The minimum atomic E-state index is -4.13. The van der Waals surface area contributed by atoms with Gasteiger partial charge in [-0.2, -0.15) is 0 Å². The number of nitrogens with two attached hydrogens (primary N) is 1. The van der Waals surface area contributed by atoms with Crippen molar-refractivity contribution in [1.29, 1.82) is 5.41 Å². The van der Waals surface area contributed by atoms with E-state index < -0.39 is 64.5 Å². The Morgan fingerprint density at radius 3 is 2.26 bits per heavy atom. The van der Waals surface area contributed by atoms with Crippen LogP contribution in [0.5, 0.6) is 0 Å². The highest BCUT2D eigenvalue weighted by Gasteiger charge is 2.29. The molecular weight excluding hydrogens is 518 g/mol. The molecule has 0 radical (unpaired) electrons. The lowest BCUT2D eigenvalue weighted by Crippen LogP contribution is -2.50. The van der Waals surface area contributed by atoms with Crippen LogP contribution in [-0.2, 0) is 35.0 Å². The molecule has 0 aliphatic heterocycles. The maximum atomic E-state index is 13.0. The van der Waals surface area contributed by atoms with Crippen LogP contribution in [-0.4, -0.2) is 79.8 Å². The summed E-state index contributed by atoms with van der Waals surface area (Å²) >= 11 is 0. The quantitative estimate of drug-likeness (QED) is 0.0957. The number of unbranched alkanes of at least 4 members (excludes halogenated alkanes) is 1. The monoisotopic (exact) mass is 553 g/mol.